The number of hydrogen-bond acceptors (Lipinski definition) is 5. The van der Waals surface area contributed by atoms with Gasteiger partial charge in [0.2, 0.25) is 6.79 Å². The fourth-order valence-corrected chi connectivity index (χ4v) is 1.80. The topological polar surface area (TPSA) is 57.1 Å². The van der Waals surface area contributed by atoms with E-state index in [1.807, 2.05) is 0 Å². The number of Topliss-reactive ketones (excluding diaryl/α,β-unsaturated/α-hetero) is 1. The van der Waals surface area contributed by atoms with Crippen molar-refractivity contribution in [3.63, 3.8) is 0 Å². The molecular weight excluding hydrogens is 222 g/mol. The van der Waals surface area contributed by atoms with Gasteiger partial charge in [-0.1, -0.05) is 0 Å². The number of ketones is 1. The fourth-order valence-electron chi connectivity index (χ4n) is 1.80. The van der Waals surface area contributed by atoms with Gasteiger partial charge < -0.3 is 14.2 Å². The first-order valence-corrected chi connectivity index (χ1v) is 5.42. The minimum atomic E-state index is -0.0241. The largest absolute Gasteiger partial charge is 0.479 e. The molecule has 1 aromatic carbocycles. The van der Waals surface area contributed by atoms with E-state index in [1.54, 1.807) is 18.2 Å². The summed E-state index contributed by atoms with van der Waals surface area (Å²) in [6.07, 6.45) is 0.208. The summed E-state index contributed by atoms with van der Waals surface area (Å²) in [4.78, 5) is 16.0. The average molecular weight is 233 g/mol. The van der Waals surface area contributed by atoms with E-state index in [0.29, 0.717) is 36.1 Å². The third-order valence-electron chi connectivity index (χ3n) is 2.65. The molecule has 0 amide bonds. The van der Waals surface area contributed by atoms with Gasteiger partial charge in [-0.3, -0.25) is 9.79 Å². The highest BCUT2D eigenvalue weighted by atomic mass is 16.7. The minimum Gasteiger partial charge on any atom is -0.479 e. The minimum absolute atomic E-state index is 0.0241. The number of carbonyl (C=O) groups is 1. The molecule has 2 aliphatic rings. The van der Waals surface area contributed by atoms with Crippen LogP contribution in [0.25, 0.3) is 0 Å². The molecule has 5 heteroatoms. The quantitative estimate of drug-likeness (QED) is 0.741. The van der Waals surface area contributed by atoms with Crippen LogP contribution < -0.4 is 9.47 Å². The number of ether oxygens (including phenoxy) is 3. The fraction of sp³-hybridized carbons (Fsp3) is 0.333. The van der Waals surface area contributed by atoms with Crippen LogP contribution >= 0.6 is 0 Å². The Morgan fingerprint density at radius 3 is 2.94 bits per heavy atom. The molecule has 2 aliphatic heterocycles. The van der Waals surface area contributed by atoms with Gasteiger partial charge in [-0.2, -0.15) is 0 Å². The molecule has 2 heterocycles. The molecule has 88 valence electrons. The lowest BCUT2D eigenvalue weighted by atomic mass is 10.1. The first-order valence-electron chi connectivity index (χ1n) is 5.42. The van der Waals surface area contributed by atoms with Crippen LogP contribution in [0.5, 0.6) is 11.5 Å². The Hall–Kier alpha value is -2.04. The third-order valence-corrected chi connectivity index (χ3v) is 2.65. The van der Waals surface area contributed by atoms with Crippen molar-refractivity contribution in [1.82, 2.24) is 0 Å². The van der Waals surface area contributed by atoms with Crippen LogP contribution in [0.1, 0.15) is 16.8 Å². The number of carbonyl (C=O) groups excluding carboxylic acids is 1. The molecule has 3 rings (SSSR count). The van der Waals surface area contributed by atoms with Gasteiger partial charge in [-0.25, -0.2) is 0 Å². The monoisotopic (exact) mass is 233 g/mol. The molecule has 0 aliphatic carbocycles. The molecule has 0 radical (unpaired) electrons. The van der Waals surface area contributed by atoms with E-state index in [0.717, 1.165) is 0 Å². The molecule has 0 bridgehead atoms. The number of aliphatic imine (C=N–C) groups is 1. The van der Waals surface area contributed by atoms with E-state index in [-0.39, 0.29) is 19.0 Å². The highest BCUT2D eigenvalue weighted by molar-refractivity contribution is 6.07. The van der Waals surface area contributed by atoms with Crippen LogP contribution in [0.2, 0.25) is 0 Å². The first-order chi connectivity index (χ1) is 8.33. The smallest absolute Gasteiger partial charge is 0.231 e. The Balaban J connectivity index is 1.77. The molecular formula is C12H11NO4. The zero-order chi connectivity index (χ0) is 11.7. The molecule has 0 saturated heterocycles. The van der Waals surface area contributed by atoms with E-state index in [4.69, 9.17) is 14.2 Å². The lowest BCUT2D eigenvalue weighted by Crippen LogP contribution is -2.08. The summed E-state index contributed by atoms with van der Waals surface area (Å²) in [5.41, 5.74) is 0.590. The van der Waals surface area contributed by atoms with E-state index < -0.39 is 0 Å². The summed E-state index contributed by atoms with van der Waals surface area (Å²) >= 11 is 0. The third kappa shape index (κ3) is 1.95. The highest BCUT2D eigenvalue weighted by Gasteiger charge is 2.18. The number of fused-ring (bicyclic) bond motifs is 1. The van der Waals surface area contributed by atoms with Crippen LogP contribution in [-0.4, -0.2) is 31.6 Å². The lowest BCUT2D eigenvalue weighted by molar-refractivity contribution is 0.0994. The number of hydrogen-bond donors (Lipinski definition) is 0. The number of rotatable bonds is 3. The van der Waals surface area contributed by atoms with E-state index in [9.17, 15) is 4.79 Å². The molecule has 0 unspecified atom stereocenters. The Morgan fingerprint density at radius 2 is 2.12 bits per heavy atom. The molecule has 0 N–H and O–H groups in total. The van der Waals surface area contributed by atoms with Crippen molar-refractivity contribution in [3.05, 3.63) is 23.8 Å². The highest BCUT2D eigenvalue weighted by Crippen LogP contribution is 2.32. The second-order valence-electron chi connectivity index (χ2n) is 3.79. The van der Waals surface area contributed by atoms with Crippen molar-refractivity contribution < 1.29 is 19.0 Å². The van der Waals surface area contributed by atoms with Crippen molar-refractivity contribution in [2.24, 2.45) is 4.99 Å². The van der Waals surface area contributed by atoms with Crippen LogP contribution in [0.3, 0.4) is 0 Å². The van der Waals surface area contributed by atoms with E-state index >= 15 is 0 Å². The molecule has 0 saturated carbocycles. The molecule has 17 heavy (non-hydrogen) atoms. The van der Waals surface area contributed by atoms with Crippen molar-refractivity contribution >= 4 is 11.7 Å². The van der Waals surface area contributed by atoms with Gasteiger partial charge in [0, 0.05) is 5.56 Å². The van der Waals surface area contributed by atoms with Crippen LogP contribution in [0.15, 0.2) is 23.2 Å². The van der Waals surface area contributed by atoms with Gasteiger partial charge in [0.25, 0.3) is 0 Å². The Labute approximate surface area is 98.0 Å². The number of benzene rings is 1. The maximum absolute atomic E-state index is 11.9. The number of nitrogens with zero attached hydrogens (tertiary/aromatic N) is 1. The second kappa shape index (κ2) is 4.08. The first kappa shape index (κ1) is 10.1. The van der Waals surface area contributed by atoms with Crippen molar-refractivity contribution in [2.45, 2.75) is 6.42 Å². The maximum atomic E-state index is 11.9. The van der Waals surface area contributed by atoms with Crippen molar-refractivity contribution in [3.8, 4) is 11.5 Å². The normalized spacial score (nSPS) is 16.6. The van der Waals surface area contributed by atoms with Gasteiger partial charge in [0.15, 0.2) is 23.2 Å². The van der Waals surface area contributed by atoms with Crippen molar-refractivity contribution in [1.29, 1.82) is 0 Å². The van der Waals surface area contributed by atoms with E-state index in [2.05, 4.69) is 4.99 Å². The molecule has 0 aromatic heterocycles. The molecule has 0 atom stereocenters. The average Bonchev–Trinajstić information content (AvgIpc) is 2.97. The summed E-state index contributed by atoms with van der Waals surface area (Å²) in [6.45, 7) is 1.43. The van der Waals surface area contributed by atoms with E-state index in [1.165, 1.54) is 0 Å². The lowest BCUT2D eigenvalue weighted by Gasteiger charge is -2.03. The van der Waals surface area contributed by atoms with Gasteiger partial charge in [0.05, 0.1) is 13.0 Å². The summed E-state index contributed by atoms with van der Waals surface area (Å²) < 4.78 is 15.6. The molecule has 0 spiro atoms. The van der Waals surface area contributed by atoms with Gasteiger partial charge in [0.1, 0.15) is 6.61 Å². The van der Waals surface area contributed by atoms with Gasteiger partial charge >= 0.3 is 0 Å². The SMILES string of the molecule is O=C(CC1=NCCO1)c1ccc2c(c1)OCO2. The summed E-state index contributed by atoms with van der Waals surface area (Å²) in [5, 5.41) is 0. The van der Waals surface area contributed by atoms with Crippen molar-refractivity contribution in [2.75, 3.05) is 19.9 Å². The predicted molar refractivity (Wildman–Crippen MR) is 59.8 cm³/mol. The Bertz CT molecular complexity index is 495. The van der Waals surface area contributed by atoms with Crippen LogP contribution in [0, 0.1) is 0 Å². The summed E-state index contributed by atoms with van der Waals surface area (Å²) in [5.74, 6) is 1.79. The van der Waals surface area contributed by atoms with Gasteiger partial charge in [-0.05, 0) is 18.2 Å². The maximum Gasteiger partial charge on any atom is 0.231 e. The standard InChI is InChI=1S/C12H11NO4/c14-9(6-12-13-3-4-15-12)8-1-2-10-11(5-8)17-7-16-10/h1-2,5H,3-4,6-7H2. The Kier molecular flexibility index (Phi) is 2.44. The zero-order valence-electron chi connectivity index (χ0n) is 9.14. The molecule has 1 aromatic rings. The Morgan fingerprint density at radius 1 is 1.24 bits per heavy atom. The van der Waals surface area contributed by atoms with Crippen LogP contribution in [-0.2, 0) is 4.74 Å². The van der Waals surface area contributed by atoms with Crippen LogP contribution in [0.4, 0.5) is 0 Å². The predicted octanol–water partition coefficient (Wildman–Crippen LogP) is 1.42. The van der Waals surface area contributed by atoms with Gasteiger partial charge in [-0.15, -0.1) is 0 Å². The second-order valence-corrected chi connectivity index (χ2v) is 3.79. The zero-order valence-corrected chi connectivity index (χ0v) is 9.14. The summed E-state index contributed by atoms with van der Waals surface area (Å²) in [6, 6.07) is 5.17. The molecule has 0 fully saturated rings. The molecule has 5 nitrogen and oxygen atoms in total. The summed E-state index contributed by atoms with van der Waals surface area (Å²) in [7, 11) is 0.